The molecule has 0 saturated heterocycles. The number of hydrogen-bond donors (Lipinski definition) is 1. The molecule has 36 heavy (non-hydrogen) atoms. The normalized spacial score (nSPS) is 14.1. The summed E-state index contributed by atoms with van der Waals surface area (Å²) < 4.78 is 28.7. The predicted molar refractivity (Wildman–Crippen MR) is 146 cm³/mol. The molecule has 0 saturated carbocycles. The lowest BCUT2D eigenvalue weighted by atomic mass is 9.89. The first-order chi connectivity index (χ1) is 17.2. The van der Waals surface area contributed by atoms with E-state index >= 15 is 0 Å². The van der Waals surface area contributed by atoms with Gasteiger partial charge in [-0.3, -0.25) is 9.10 Å². The van der Waals surface area contributed by atoms with Crippen LogP contribution in [0.1, 0.15) is 65.6 Å². The van der Waals surface area contributed by atoms with E-state index in [9.17, 15) is 13.2 Å². The zero-order valence-electron chi connectivity index (χ0n) is 21.7. The zero-order chi connectivity index (χ0) is 25.9. The summed E-state index contributed by atoms with van der Waals surface area (Å²) in [6, 6.07) is 18.7. The lowest BCUT2D eigenvalue weighted by Crippen LogP contribution is -2.42. The summed E-state index contributed by atoms with van der Waals surface area (Å²) in [6.07, 6.45) is 5.33. The third-order valence-electron chi connectivity index (χ3n) is 6.91. The van der Waals surface area contributed by atoms with E-state index in [4.69, 9.17) is 0 Å². The molecule has 1 atom stereocenters. The highest BCUT2D eigenvalue weighted by molar-refractivity contribution is 7.92. The van der Waals surface area contributed by atoms with Crippen molar-refractivity contribution in [2.24, 2.45) is 0 Å². The number of rotatable bonds is 8. The van der Waals surface area contributed by atoms with Crippen molar-refractivity contribution in [3.05, 3.63) is 94.0 Å². The molecule has 1 amide bonds. The van der Waals surface area contributed by atoms with Gasteiger partial charge in [-0.05, 0) is 105 Å². The van der Waals surface area contributed by atoms with Crippen LogP contribution in [0.15, 0.2) is 65.6 Å². The maximum atomic E-state index is 13.7. The quantitative estimate of drug-likeness (QED) is 0.412. The van der Waals surface area contributed by atoms with Gasteiger partial charge in [0.25, 0.3) is 10.0 Å². The molecule has 6 heteroatoms. The molecule has 0 bridgehead atoms. The third kappa shape index (κ3) is 5.81. The largest absolute Gasteiger partial charge is 0.348 e. The van der Waals surface area contributed by atoms with Crippen LogP contribution in [0.5, 0.6) is 0 Å². The van der Waals surface area contributed by atoms with Crippen LogP contribution in [0.3, 0.4) is 0 Å². The Hall–Kier alpha value is -3.12. The number of benzene rings is 3. The first-order valence-corrected chi connectivity index (χ1v) is 14.2. The Bertz CT molecular complexity index is 1330. The first-order valence-electron chi connectivity index (χ1n) is 12.8. The van der Waals surface area contributed by atoms with Crippen LogP contribution >= 0.6 is 0 Å². The van der Waals surface area contributed by atoms with Gasteiger partial charge in [0.05, 0.1) is 16.6 Å². The van der Waals surface area contributed by atoms with Crippen LogP contribution in [-0.4, -0.2) is 20.9 Å². The maximum absolute atomic E-state index is 13.7. The predicted octanol–water partition coefficient (Wildman–Crippen LogP) is 5.95. The number of carbonyl (C=O) groups is 1. The summed E-state index contributed by atoms with van der Waals surface area (Å²) >= 11 is 0. The second-order valence-corrected chi connectivity index (χ2v) is 11.8. The van der Waals surface area contributed by atoms with E-state index in [2.05, 4.69) is 23.5 Å². The Balaban J connectivity index is 1.62. The summed E-state index contributed by atoms with van der Waals surface area (Å²) in [5.41, 5.74) is 7.18. The van der Waals surface area contributed by atoms with Crippen molar-refractivity contribution in [2.45, 2.75) is 70.7 Å². The van der Waals surface area contributed by atoms with Crippen molar-refractivity contribution in [1.82, 2.24) is 5.32 Å². The minimum Gasteiger partial charge on any atom is -0.348 e. The fourth-order valence-electron chi connectivity index (χ4n) is 5.01. The lowest BCUT2D eigenvalue weighted by molar-refractivity contribution is -0.120. The molecular formula is C30H36N2O3S. The van der Waals surface area contributed by atoms with Gasteiger partial charge in [0.1, 0.15) is 6.54 Å². The molecule has 1 unspecified atom stereocenters. The summed E-state index contributed by atoms with van der Waals surface area (Å²) in [5.74, 6) is -0.325. The fourth-order valence-corrected chi connectivity index (χ4v) is 6.41. The molecule has 0 heterocycles. The highest BCUT2D eigenvalue weighted by atomic mass is 32.2. The van der Waals surface area contributed by atoms with Crippen LogP contribution in [0, 0.1) is 20.8 Å². The van der Waals surface area contributed by atoms with E-state index in [0.717, 1.165) is 41.5 Å². The van der Waals surface area contributed by atoms with Crippen molar-refractivity contribution in [3.8, 4) is 0 Å². The first kappa shape index (κ1) is 26.0. The van der Waals surface area contributed by atoms with Crippen molar-refractivity contribution < 1.29 is 13.2 Å². The van der Waals surface area contributed by atoms with Crippen LogP contribution in [0.2, 0.25) is 0 Å². The molecule has 1 aliphatic carbocycles. The standard InChI is InChI=1S/C30H36N2O3S/c1-5-29(26-13-12-24-8-6-7-9-25(24)19-26)31-30(33)20-32(27-17-22(3)16-23(4)18-27)36(34,35)28-14-10-21(2)11-15-28/h10-19,29H,5-9,20H2,1-4H3,(H,31,33). The number of amides is 1. The Kier molecular flexibility index (Phi) is 7.84. The zero-order valence-corrected chi connectivity index (χ0v) is 22.5. The van der Waals surface area contributed by atoms with Gasteiger partial charge >= 0.3 is 0 Å². The van der Waals surface area contributed by atoms with Crippen molar-refractivity contribution >= 4 is 21.6 Å². The minimum atomic E-state index is -3.95. The highest BCUT2D eigenvalue weighted by Gasteiger charge is 2.28. The van der Waals surface area contributed by atoms with Crippen molar-refractivity contribution in [1.29, 1.82) is 0 Å². The number of carbonyl (C=O) groups excluding carboxylic acids is 1. The molecule has 1 aliphatic rings. The van der Waals surface area contributed by atoms with Gasteiger partial charge in [0, 0.05) is 0 Å². The van der Waals surface area contributed by atoms with Gasteiger partial charge in [-0.1, -0.05) is 48.9 Å². The Labute approximate surface area is 215 Å². The Morgan fingerprint density at radius 2 is 1.50 bits per heavy atom. The van der Waals surface area contributed by atoms with Gasteiger partial charge in [-0.2, -0.15) is 0 Å². The molecule has 3 aromatic rings. The van der Waals surface area contributed by atoms with Crippen LogP contribution in [0.25, 0.3) is 0 Å². The molecule has 0 radical (unpaired) electrons. The lowest BCUT2D eigenvalue weighted by Gasteiger charge is -2.27. The number of sulfonamides is 1. The van der Waals surface area contributed by atoms with Gasteiger partial charge in [-0.15, -0.1) is 0 Å². The number of nitrogens with one attached hydrogen (secondary N) is 1. The number of fused-ring (bicyclic) bond motifs is 1. The summed E-state index contributed by atoms with van der Waals surface area (Å²) in [4.78, 5) is 13.5. The molecule has 0 aromatic heterocycles. The topological polar surface area (TPSA) is 66.5 Å². The maximum Gasteiger partial charge on any atom is 0.264 e. The Morgan fingerprint density at radius 3 is 2.14 bits per heavy atom. The molecule has 5 nitrogen and oxygen atoms in total. The van der Waals surface area contributed by atoms with Gasteiger partial charge in [0.15, 0.2) is 0 Å². The van der Waals surface area contributed by atoms with Crippen molar-refractivity contribution in [3.63, 3.8) is 0 Å². The summed E-state index contributed by atoms with van der Waals surface area (Å²) in [6.45, 7) is 7.51. The molecule has 3 aromatic carbocycles. The number of nitrogens with zero attached hydrogens (tertiary/aromatic N) is 1. The smallest absolute Gasteiger partial charge is 0.264 e. The second-order valence-electron chi connectivity index (χ2n) is 9.93. The fraction of sp³-hybridized carbons (Fsp3) is 0.367. The molecule has 0 aliphatic heterocycles. The average molecular weight is 505 g/mol. The molecular weight excluding hydrogens is 468 g/mol. The Morgan fingerprint density at radius 1 is 0.861 bits per heavy atom. The van der Waals surface area contributed by atoms with Crippen LogP contribution < -0.4 is 9.62 Å². The molecule has 190 valence electrons. The van der Waals surface area contributed by atoms with Gasteiger partial charge in [0.2, 0.25) is 5.91 Å². The summed E-state index contributed by atoms with van der Waals surface area (Å²) in [7, 11) is -3.95. The number of anilines is 1. The second kappa shape index (κ2) is 10.9. The minimum absolute atomic E-state index is 0.168. The van der Waals surface area contributed by atoms with E-state index in [1.54, 1.807) is 24.3 Å². The molecule has 0 spiro atoms. The molecule has 4 rings (SSSR count). The van der Waals surface area contributed by atoms with Crippen molar-refractivity contribution in [2.75, 3.05) is 10.8 Å². The van der Waals surface area contributed by atoms with Crippen LogP contribution in [0.4, 0.5) is 5.69 Å². The van der Waals surface area contributed by atoms with E-state index in [0.29, 0.717) is 5.69 Å². The molecule has 1 N–H and O–H groups in total. The highest BCUT2D eigenvalue weighted by Crippen LogP contribution is 2.28. The van der Waals surface area contributed by atoms with Gasteiger partial charge in [-0.25, -0.2) is 8.42 Å². The molecule has 0 fully saturated rings. The monoisotopic (exact) mass is 504 g/mol. The van der Waals surface area contributed by atoms with E-state index in [1.165, 1.54) is 28.3 Å². The van der Waals surface area contributed by atoms with E-state index < -0.39 is 10.0 Å². The van der Waals surface area contributed by atoms with E-state index in [1.807, 2.05) is 45.9 Å². The van der Waals surface area contributed by atoms with Crippen LogP contribution in [-0.2, 0) is 27.7 Å². The van der Waals surface area contributed by atoms with E-state index in [-0.39, 0.29) is 23.4 Å². The third-order valence-corrected chi connectivity index (χ3v) is 8.70. The van der Waals surface area contributed by atoms with Gasteiger partial charge < -0.3 is 5.32 Å². The summed E-state index contributed by atoms with van der Waals surface area (Å²) in [5, 5.41) is 3.11. The number of aryl methyl sites for hydroxylation is 5. The SMILES string of the molecule is CCC(NC(=O)CN(c1cc(C)cc(C)c1)S(=O)(=O)c1ccc(C)cc1)c1ccc2c(c1)CCCC2. The average Bonchev–Trinajstić information content (AvgIpc) is 2.85. The number of hydrogen-bond acceptors (Lipinski definition) is 3.